The number of nitrogens with one attached hydrogen (secondary N) is 1. The highest BCUT2D eigenvalue weighted by Gasteiger charge is 2.18. The number of hydrogen-bond acceptors (Lipinski definition) is 3. The van der Waals surface area contributed by atoms with Crippen molar-refractivity contribution in [1.82, 2.24) is 5.32 Å². The first kappa shape index (κ1) is 14.2. The zero-order chi connectivity index (χ0) is 12.7. The van der Waals surface area contributed by atoms with E-state index >= 15 is 0 Å². The summed E-state index contributed by atoms with van der Waals surface area (Å²) in [5.41, 5.74) is 1.24. The zero-order valence-corrected chi connectivity index (χ0v) is 11.3. The maximum absolute atomic E-state index is 11.3. The minimum atomic E-state index is -0.184. The summed E-state index contributed by atoms with van der Waals surface area (Å²) >= 11 is 0. The highest BCUT2D eigenvalue weighted by atomic mass is 16.5. The molecule has 1 unspecified atom stereocenters. The van der Waals surface area contributed by atoms with Crippen molar-refractivity contribution in [2.24, 2.45) is 0 Å². The second-order valence-electron chi connectivity index (χ2n) is 4.80. The minimum Gasteiger partial charge on any atom is -0.463 e. The van der Waals surface area contributed by atoms with Crippen molar-refractivity contribution < 1.29 is 9.53 Å². The number of rotatable bonds is 5. The Morgan fingerprint density at radius 2 is 2.12 bits per heavy atom. The molecule has 0 aromatic heterocycles. The summed E-state index contributed by atoms with van der Waals surface area (Å²) in [5.74, 6) is -0.184. The first-order valence-corrected chi connectivity index (χ1v) is 6.78. The van der Waals surface area contributed by atoms with Crippen molar-refractivity contribution in [1.29, 1.82) is 0 Å². The van der Waals surface area contributed by atoms with Crippen LogP contribution in [0.1, 0.15) is 52.9 Å². The van der Waals surface area contributed by atoms with Crippen LogP contribution in [-0.2, 0) is 9.53 Å². The molecule has 1 fully saturated rings. The third-order valence-corrected chi connectivity index (χ3v) is 3.37. The highest BCUT2D eigenvalue weighted by Crippen LogP contribution is 2.24. The normalized spacial score (nSPS) is 22.1. The van der Waals surface area contributed by atoms with Gasteiger partial charge in [-0.05, 0) is 46.0 Å². The molecule has 98 valence electrons. The van der Waals surface area contributed by atoms with Gasteiger partial charge >= 0.3 is 5.97 Å². The fourth-order valence-electron chi connectivity index (χ4n) is 2.17. The Bertz CT molecular complexity index is 263. The van der Waals surface area contributed by atoms with E-state index in [4.69, 9.17) is 4.74 Å². The Balaban J connectivity index is 2.32. The number of hydrogen-bond donors (Lipinski definition) is 1. The molecule has 1 aliphatic rings. The van der Waals surface area contributed by atoms with Crippen LogP contribution < -0.4 is 5.32 Å². The van der Waals surface area contributed by atoms with Gasteiger partial charge in [0.15, 0.2) is 0 Å². The second kappa shape index (κ2) is 7.49. The van der Waals surface area contributed by atoms with Gasteiger partial charge in [0.25, 0.3) is 0 Å². The van der Waals surface area contributed by atoms with Gasteiger partial charge in [-0.2, -0.15) is 0 Å². The van der Waals surface area contributed by atoms with Gasteiger partial charge in [0.05, 0.1) is 6.61 Å². The van der Waals surface area contributed by atoms with Crippen LogP contribution >= 0.6 is 0 Å². The Labute approximate surface area is 105 Å². The van der Waals surface area contributed by atoms with E-state index in [1.165, 1.54) is 12.0 Å². The molecular weight excluding hydrogens is 214 g/mol. The van der Waals surface area contributed by atoms with Gasteiger partial charge in [0, 0.05) is 18.2 Å². The molecule has 0 saturated heterocycles. The fourth-order valence-corrected chi connectivity index (χ4v) is 2.17. The van der Waals surface area contributed by atoms with E-state index in [2.05, 4.69) is 19.2 Å². The molecule has 3 heteroatoms. The lowest BCUT2D eigenvalue weighted by atomic mass is 9.90. The van der Waals surface area contributed by atoms with E-state index in [0.717, 1.165) is 25.7 Å². The topological polar surface area (TPSA) is 38.3 Å². The number of carbonyl (C=O) groups excluding carboxylic acids is 1. The summed E-state index contributed by atoms with van der Waals surface area (Å²) in [5, 5.41) is 3.62. The zero-order valence-electron chi connectivity index (χ0n) is 11.3. The van der Waals surface area contributed by atoms with E-state index in [0.29, 0.717) is 18.7 Å². The van der Waals surface area contributed by atoms with E-state index in [1.54, 1.807) is 6.08 Å². The third kappa shape index (κ3) is 5.35. The molecule has 3 nitrogen and oxygen atoms in total. The summed E-state index contributed by atoms with van der Waals surface area (Å²) in [6.07, 6.45) is 7.16. The first-order valence-electron chi connectivity index (χ1n) is 6.78. The lowest BCUT2D eigenvalue weighted by Gasteiger charge is -2.27. The van der Waals surface area contributed by atoms with Crippen LogP contribution in [0.15, 0.2) is 11.6 Å². The number of ether oxygens (including phenoxy) is 1. The largest absolute Gasteiger partial charge is 0.463 e. The third-order valence-electron chi connectivity index (χ3n) is 3.37. The molecule has 1 saturated carbocycles. The minimum absolute atomic E-state index is 0.184. The Hall–Kier alpha value is -0.830. The molecule has 17 heavy (non-hydrogen) atoms. The summed E-state index contributed by atoms with van der Waals surface area (Å²) in [7, 11) is 0. The van der Waals surface area contributed by atoms with E-state index in [1.807, 2.05) is 6.92 Å². The van der Waals surface area contributed by atoms with Crippen LogP contribution in [0.25, 0.3) is 0 Å². The molecule has 0 bridgehead atoms. The van der Waals surface area contributed by atoms with E-state index in [9.17, 15) is 4.79 Å². The quantitative estimate of drug-likeness (QED) is 0.592. The predicted molar refractivity (Wildman–Crippen MR) is 69.9 cm³/mol. The summed E-state index contributed by atoms with van der Waals surface area (Å²) in [4.78, 5) is 11.3. The molecule has 1 atom stereocenters. The van der Waals surface area contributed by atoms with Crippen molar-refractivity contribution in [3.8, 4) is 0 Å². The Kier molecular flexibility index (Phi) is 6.27. The van der Waals surface area contributed by atoms with Crippen LogP contribution in [0.2, 0.25) is 0 Å². The Morgan fingerprint density at radius 3 is 2.65 bits per heavy atom. The lowest BCUT2D eigenvalue weighted by Crippen LogP contribution is -2.37. The van der Waals surface area contributed by atoms with Gasteiger partial charge in [-0.1, -0.05) is 12.5 Å². The number of esters is 1. The molecule has 1 rings (SSSR count). The maximum atomic E-state index is 11.3. The summed E-state index contributed by atoms with van der Waals surface area (Å²) in [6.45, 7) is 6.72. The molecule has 0 amide bonds. The average molecular weight is 239 g/mol. The standard InChI is InChI=1S/C14H25NO2/c1-4-11(3)15-13-8-6-12(7-9-13)10-14(16)17-5-2/h10-11,13,15H,4-9H2,1-3H3. The number of carbonyl (C=O) groups is 1. The molecule has 0 radical (unpaired) electrons. The monoisotopic (exact) mass is 239 g/mol. The van der Waals surface area contributed by atoms with Gasteiger partial charge in [-0.15, -0.1) is 0 Å². The molecular formula is C14H25NO2. The van der Waals surface area contributed by atoms with Crippen molar-refractivity contribution in [3.05, 3.63) is 11.6 Å². The van der Waals surface area contributed by atoms with Gasteiger partial charge < -0.3 is 10.1 Å². The smallest absolute Gasteiger partial charge is 0.330 e. The van der Waals surface area contributed by atoms with Crippen LogP contribution in [0.4, 0.5) is 0 Å². The van der Waals surface area contributed by atoms with Gasteiger partial charge in [-0.25, -0.2) is 4.79 Å². The molecule has 0 aliphatic heterocycles. The predicted octanol–water partition coefficient (Wildman–Crippen LogP) is 2.81. The van der Waals surface area contributed by atoms with Crippen LogP contribution in [0.5, 0.6) is 0 Å². The van der Waals surface area contributed by atoms with Crippen LogP contribution in [-0.4, -0.2) is 24.7 Å². The molecule has 0 spiro atoms. The molecule has 1 aliphatic carbocycles. The first-order chi connectivity index (χ1) is 8.15. The van der Waals surface area contributed by atoms with Crippen LogP contribution in [0.3, 0.4) is 0 Å². The van der Waals surface area contributed by atoms with Crippen molar-refractivity contribution in [3.63, 3.8) is 0 Å². The molecule has 0 aromatic rings. The Morgan fingerprint density at radius 1 is 1.47 bits per heavy atom. The maximum Gasteiger partial charge on any atom is 0.330 e. The van der Waals surface area contributed by atoms with Gasteiger partial charge in [0.1, 0.15) is 0 Å². The van der Waals surface area contributed by atoms with Crippen molar-refractivity contribution >= 4 is 5.97 Å². The average Bonchev–Trinajstić information content (AvgIpc) is 2.32. The second-order valence-corrected chi connectivity index (χ2v) is 4.80. The molecule has 0 heterocycles. The SMILES string of the molecule is CCOC(=O)C=C1CCC(NC(C)CC)CC1. The summed E-state index contributed by atoms with van der Waals surface area (Å²) < 4.78 is 4.92. The van der Waals surface area contributed by atoms with E-state index < -0.39 is 0 Å². The number of allylic oxidation sites excluding steroid dienone is 1. The van der Waals surface area contributed by atoms with Gasteiger partial charge in [-0.3, -0.25) is 0 Å². The van der Waals surface area contributed by atoms with Crippen molar-refractivity contribution in [2.45, 2.75) is 65.0 Å². The lowest BCUT2D eigenvalue weighted by molar-refractivity contribution is -0.137. The molecule has 0 aromatic carbocycles. The van der Waals surface area contributed by atoms with Crippen molar-refractivity contribution in [2.75, 3.05) is 6.61 Å². The highest BCUT2D eigenvalue weighted by molar-refractivity contribution is 5.82. The molecule has 1 N–H and O–H groups in total. The van der Waals surface area contributed by atoms with E-state index in [-0.39, 0.29) is 5.97 Å². The summed E-state index contributed by atoms with van der Waals surface area (Å²) in [6, 6.07) is 1.21. The van der Waals surface area contributed by atoms with Crippen LogP contribution in [0, 0.1) is 0 Å². The fraction of sp³-hybridized carbons (Fsp3) is 0.786. The van der Waals surface area contributed by atoms with Gasteiger partial charge in [0.2, 0.25) is 0 Å².